The lowest BCUT2D eigenvalue weighted by atomic mass is 10.2. The lowest BCUT2D eigenvalue weighted by Crippen LogP contribution is -2.30. The van der Waals surface area contributed by atoms with Crippen molar-refractivity contribution in [2.75, 3.05) is 19.7 Å². The summed E-state index contributed by atoms with van der Waals surface area (Å²) in [6.07, 6.45) is 0.489. The van der Waals surface area contributed by atoms with Crippen molar-refractivity contribution in [3.05, 3.63) is 35.9 Å². The molecule has 0 saturated heterocycles. The zero-order chi connectivity index (χ0) is 12.5. The molecule has 0 aromatic heterocycles. The van der Waals surface area contributed by atoms with E-state index in [4.69, 9.17) is 16.0 Å². The second-order valence-corrected chi connectivity index (χ2v) is 3.83. The fraction of sp³-hybridized carbons (Fsp3) is 0.417. The Morgan fingerprint density at radius 2 is 1.94 bits per heavy atom. The number of aliphatic hydroxyl groups excluding tert-OH is 1. The average Bonchev–Trinajstić information content (AvgIpc) is 2.37. The molecule has 5 nitrogen and oxygen atoms in total. The predicted octanol–water partition coefficient (Wildman–Crippen LogP) is 0.617. The largest absolute Gasteiger partial charge is 0.409 e. The van der Waals surface area contributed by atoms with E-state index in [1.807, 2.05) is 30.3 Å². The predicted molar refractivity (Wildman–Crippen MR) is 66.8 cm³/mol. The van der Waals surface area contributed by atoms with Crippen LogP contribution in [0.3, 0.4) is 0 Å². The topological polar surface area (TPSA) is 82.1 Å². The third-order valence-corrected chi connectivity index (χ3v) is 2.48. The fourth-order valence-electron chi connectivity index (χ4n) is 1.58. The molecule has 1 aromatic carbocycles. The molecule has 0 unspecified atom stereocenters. The SMILES string of the molecule is NC(CCN(CCO)Cc1ccccc1)=NO. The van der Waals surface area contributed by atoms with Crippen LogP contribution >= 0.6 is 0 Å². The van der Waals surface area contributed by atoms with Gasteiger partial charge in [0.1, 0.15) is 5.84 Å². The van der Waals surface area contributed by atoms with E-state index in [1.54, 1.807) is 0 Å². The number of benzene rings is 1. The summed E-state index contributed by atoms with van der Waals surface area (Å²) in [6, 6.07) is 10.0. The van der Waals surface area contributed by atoms with Gasteiger partial charge < -0.3 is 16.0 Å². The highest BCUT2D eigenvalue weighted by atomic mass is 16.4. The van der Waals surface area contributed by atoms with E-state index in [-0.39, 0.29) is 12.4 Å². The van der Waals surface area contributed by atoms with Crippen molar-refractivity contribution in [2.24, 2.45) is 10.9 Å². The Morgan fingerprint density at radius 3 is 2.53 bits per heavy atom. The van der Waals surface area contributed by atoms with Crippen molar-refractivity contribution in [3.8, 4) is 0 Å². The molecule has 0 fully saturated rings. The van der Waals surface area contributed by atoms with Crippen LogP contribution in [0, 0.1) is 0 Å². The number of rotatable bonds is 7. The number of amidine groups is 1. The molecule has 0 saturated carbocycles. The van der Waals surface area contributed by atoms with Crippen LogP contribution in [0.5, 0.6) is 0 Å². The summed E-state index contributed by atoms with van der Waals surface area (Å²) < 4.78 is 0. The molecule has 17 heavy (non-hydrogen) atoms. The van der Waals surface area contributed by atoms with E-state index in [0.717, 1.165) is 6.54 Å². The first kappa shape index (κ1) is 13.5. The normalized spacial score (nSPS) is 12.0. The first-order valence-corrected chi connectivity index (χ1v) is 5.59. The number of hydrogen-bond donors (Lipinski definition) is 3. The van der Waals surface area contributed by atoms with E-state index in [1.165, 1.54) is 5.56 Å². The lowest BCUT2D eigenvalue weighted by molar-refractivity contribution is 0.193. The summed E-state index contributed by atoms with van der Waals surface area (Å²) in [4.78, 5) is 2.06. The van der Waals surface area contributed by atoms with Gasteiger partial charge in [-0.3, -0.25) is 4.90 Å². The fourth-order valence-corrected chi connectivity index (χ4v) is 1.58. The van der Waals surface area contributed by atoms with Crippen LogP contribution in [-0.2, 0) is 6.54 Å². The van der Waals surface area contributed by atoms with E-state index >= 15 is 0 Å². The van der Waals surface area contributed by atoms with Crippen molar-refractivity contribution >= 4 is 5.84 Å². The average molecular weight is 237 g/mol. The number of hydrogen-bond acceptors (Lipinski definition) is 4. The van der Waals surface area contributed by atoms with Crippen LogP contribution in [-0.4, -0.2) is 40.7 Å². The quantitative estimate of drug-likeness (QED) is 0.281. The number of nitrogens with zero attached hydrogens (tertiary/aromatic N) is 2. The molecule has 4 N–H and O–H groups in total. The minimum atomic E-state index is 0.100. The highest BCUT2D eigenvalue weighted by Crippen LogP contribution is 2.04. The second kappa shape index (κ2) is 7.65. The van der Waals surface area contributed by atoms with E-state index in [0.29, 0.717) is 19.5 Å². The van der Waals surface area contributed by atoms with Crippen molar-refractivity contribution in [3.63, 3.8) is 0 Å². The summed E-state index contributed by atoms with van der Waals surface area (Å²) in [5.74, 6) is 0.209. The molecule has 0 aliphatic rings. The Bertz CT molecular complexity index is 341. The van der Waals surface area contributed by atoms with Gasteiger partial charge in [-0.2, -0.15) is 0 Å². The molecule has 94 valence electrons. The van der Waals surface area contributed by atoms with Gasteiger partial charge in [-0.15, -0.1) is 0 Å². The molecule has 0 aliphatic carbocycles. The van der Waals surface area contributed by atoms with Gasteiger partial charge in [0.15, 0.2) is 0 Å². The first-order chi connectivity index (χ1) is 8.26. The Kier molecular flexibility index (Phi) is 6.06. The minimum absolute atomic E-state index is 0.100. The zero-order valence-electron chi connectivity index (χ0n) is 9.79. The number of nitrogens with two attached hydrogens (primary N) is 1. The Labute approximate surface area is 101 Å². The molecule has 0 atom stereocenters. The number of aliphatic hydroxyl groups is 1. The molecule has 0 heterocycles. The zero-order valence-corrected chi connectivity index (χ0v) is 9.79. The first-order valence-electron chi connectivity index (χ1n) is 5.59. The highest BCUT2D eigenvalue weighted by Gasteiger charge is 2.06. The molecular formula is C12H19N3O2. The van der Waals surface area contributed by atoms with Gasteiger partial charge in [-0.25, -0.2) is 0 Å². The third kappa shape index (κ3) is 5.33. The van der Waals surface area contributed by atoms with Gasteiger partial charge >= 0.3 is 0 Å². The van der Waals surface area contributed by atoms with Crippen LogP contribution in [0.25, 0.3) is 0 Å². The van der Waals surface area contributed by atoms with Crippen molar-refractivity contribution in [1.29, 1.82) is 0 Å². The molecule has 1 rings (SSSR count). The monoisotopic (exact) mass is 237 g/mol. The molecule has 0 aliphatic heterocycles. The summed E-state index contributed by atoms with van der Waals surface area (Å²) in [5, 5.41) is 20.4. The van der Waals surface area contributed by atoms with Gasteiger partial charge in [-0.1, -0.05) is 35.5 Å². The van der Waals surface area contributed by atoms with Crippen molar-refractivity contribution in [1.82, 2.24) is 4.90 Å². The molecular weight excluding hydrogens is 218 g/mol. The highest BCUT2D eigenvalue weighted by molar-refractivity contribution is 5.79. The van der Waals surface area contributed by atoms with Crippen LogP contribution in [0.4, 0.5) is 0 Å². The van der Waals surface area contributed by atoms with Crippen molar-refractivity contribution in [2.45, 2.75) is 13.0 Å². The maximum Gasteiger partial charge on any atom is 0.140 e. The van der Waals surface area contributed by atoms with Crippen LogP contribution < -0.4 is 5.73 Å². The molecule has 0 radical (unpaired) electrons. The summed E-state index contributed by atoms with van der Waals surface area (Å²) in [6.45, 7) is 2.09. The summed E-state index contributed by atoms with van der Waals surface area (Å²) in [7, 11) is 0. The van der Waals surface area contributed by atoms with Gasteiger partial charge in [0.25, 0.3) is 0 Å². The van der Waals surface area contributed by atoms with Gasteiger partial charge in [0.05, 0.1) is 6.61 Å². The van der Waals surface area contributed by atoms with Gasteiger partial charge in [-0.05, 0) is 5.56 Å². The molecule has 0 spiro atoms. The summed E-state index contributed by atoms with van der Waals surface area (Å²) >= 11 is 0. The molecule has 0 bridgehead atoms. The number of oxime groups is 1. The van der Waals surface area contributed by atoms with Crippen LogP contribution in [0.15, 0.2) is 35.5 Å². The molecule has 0 amide bonds. The van der Waals surface area contributed by atoms with E-state index in [9.17, 15) is 0 Å². The van der Waals surface area contributed by atoms with E-state index in [2.05, 4.69) is 10.1 Å². The Morgan fingerprint density at radius 1 is 1.24 bits per heavy atom. The molecule has 5 heteroatoms. The van der Waals surface area contributed by atoms with E-state index < -0.39 is 0 Å². The maximum atomic E-state index is 8.98. The van der Waals surface area contributed by atoms with Crippen LogP contribution in [0.2, 0.25) is 0 Å². The smallest absolute Gasteiger partial charge is 0.140 e. The Hall–Kier alpha value is -1.59. The summed E-state index contributed by atoms with van der Waals surface area (Å²) in [5.41, 5.74) is 6.60. The molecule has 1 aromatic rings. The lowest BCUT2D eigenvalue weighted by Gasteiger charge is -2.20. The van der Waals surface area contributed by atoms with Crippen LogP contribution in [0.1, 0.15) is 12.0 Å². The third-order valence-electron chi connectivity index (χ3n) is 2.48. The minimum Gasteiger partial charge on any atom is -0.409 e. The van der Waals surface area contributed by atoms with Gasteiger partial charge in [0, 0.05) is 26.1 Å². The maximum absolute atomic E-state index is 8.98. The standard InChI is InChI=1S/C12H19N3O2/c13-12(14-17)6-7-15(8-9-16)10-11-4-2-1-3-5-11/h1-5,16-17H,6-10H2,(H2,13,14). The Balaban J connectivity index is 2.48. The second-order valence-electron chi connectivity index (χ2n) is 3.83. The van der Waals surface area contributed by atoms with Gasteiger partial charge in [0.2, 0.25) is 0 Å². The van der Waals surface area contributed by atoms with Crippen molar-refractivity contribution < 1.29 is 10.3 Å².